The molecule has 1 aliphatic carbocycles. The van der Waals surface area contributed by atoms with E-state index in [1.807, 2.05) is 0 Å². The maximum Gasteiger partial charge on any atom is 0.234 e. The van der Waals surface area contributed by atoms with Gasteiger partial charge in [-0.15, -0.1) is 12.4 Å². The average Bonchev–Trinajstić information content (AvgIpc) is 2.80. The van der Waals surface area contributed by atoms with Gasteiger partial charge < -0.3 is 11.1 Å². The van der Waals surface area contributed by atoms with Crippen LogP contribution in [0.3, 0.4) is 0 Å². The van der Waals surface area contributed by atoms with Gasteiger partial charge in [0, 0.05) is 18.6 Å². The molecule has 0 bridgehead atoms. The van der Waals surface area contributed by atoms with Gasteiger partial charge in [-0.1, -0.05) is 6.92 Å². The number of nitrogens with zero attached hydrogens (tertiary/aromatic N) is 1. The molecule has 118 valence electrons. The molecule has 5 heteroatoms. The molecule has 0 aromatic carbocycles. The Labute approximate surface area is 129 Å². The van der Waals surface area contributed by atoms with Crippen LogP contribution in [0.25, 0.3) is 0 Å². The fourth-order valence-electron chi connectivity index (χ4n) is 3.32. The monoisotopic (exact) mass is 303 g/mol. The van der Waals surface area contributed by atoms with Crippen molar-refractivity contribution in [1.29, 1.82) is 0 Å². The van der Waals surface area contributed by atoms with E-state index in [1.165, 1.54) is 12.8 Å². The summed E-state index contributed by atoms with van der Waals surface area (Å²) < 4.78 is 0. The second-order valence-electron chi connectivity index (χ2n) is 6.67. The lowest BCUT2D eigenvalue weighted by Crippen LogP contribution is -2.43. The number of amides is 1. The highest BCUT2D eigenvalue weighted by molar-refractivity contribution is 5.85. The number of halogens is 1. The van der Waals surface area contributed by atoms with Gasteiger partial charge in [-0.3, -0.25) is 9.69 Å². The Hall–Kier alpha value is -0.320. The predicted molar refractivity (Wildman–Crippen MR) is 85.0 cm³/mol. The summed E-state index contributed by atoms with van der Waals surface area (Å²) in [4.78, 5) is 14.3. The number of hydrogen-bond acceptors (Lipinski definition) is 3. The number of rotatable bonds is 4. The van der Waals surface area contributed by atoms with Crippen molar-refractivity contribution in [3.05, 3.63) is 0 Å². The Kier molecular flexibility index (Phi) is 7.27. The van der Waals surface area contributed by atoms with Crippen LogP contribution in [0, 0.1) is 11.8 Å². The first-order valence-corrected chi connectivity index (χ1v) is 7.82. The Morgan fingerprint density at radius 2 is 1.95 bits per heavy atom. The molecular weight excluding hydrogens is 274 g/mol. The van der Waals surface area contributed by atoms with Gasteiger partial charge in [-0.2, -0.15) is 0 Å². The number of nitrogens with one attached hydrogen (secondary N) is 1. The number of likely N-dealkylation sites (tertiary alicyclic amines) is 1. The van der Waals surface area contributed by atoms with E-state index in [0.29, 0.717) is 18.5 Å². The van der Waals surface area contributed by atoms with Crippen molar-refractivity contribution in [2.45, 2.75) is 58.0 Å². The zero-order valence-electron chi connectivity index (χ0n) is 12.8. The molecule has 2 aliphatic rings. The summed E-state index contributed by atoms with van der Waals surface area (Å²) in [6.45, 7) is 6.91. The normalized spacial score (nSPS) is 32.5. The fourth-order valence-corrected chi connectivity index (χ4v) is 3.32. The molecule has 1 heterocycles. The summed E-state index contributed by atoms with van der Waals surface area (Å²) in [5.41, 5.74) is 5.93. The largest absolute Gasteiger partial charge is 0.352 e. The smallest absolute Gasteiger partial charge is 0.234 e. The van der Waals surface area contributed by atoms with E-state index in [9.17, 15) is 4.79 Å². The Bertz CT molecular complexity index is 303. The van der Waals surface area contributed by atoms with Gasteiger partial charge in [0.05, 0.1) is 6.54 Å². The highest BCUT2D eigenvalue weighted by atomic mass is 35.5. The molecule has 1 saturated carbocycles. The molecule has 0 aromatic heterocycles. The van der Waals surface area contributed by atoms with Crippen LogP contribution in [0.15, 0.2) is 0 Å². The van der Waals surface area contributed by atoms with Crippen molar-refractivity contribution >= 4 is 18.3 Å². The Morgan fingerprint density at radius 3 is 2.50 bits per heavy atom. The molecule has 1 saturated heterocycles. The topological polar surface area (TPSA) is 58.4 Å². The van der Waals surface area contributed by atoms with Gasteiger partial charge >= 0.3 is 0 Å². The van der Waals surface area contributed by atoms with Crippen LogP contribution >= 0.6 is 12.4 Å². The highest BCUT2D eigenvalue weighted by Crippen LogP contribution is 2.23. The van der Waals surface area contributed by atoms with E-state index in [2.05, 4.69) is 24.1 Å². The van der Waals surface area contributed by atoms with E-state index >= 15 is 0 Å². The average molecular weight is 304 g/mol. The fraction of sp³-hybridized carbons (Fsp3) is 0.933. The lowest BCUT2D eigenvalue weighted by Gasteiger charge is -2.27. The first kappa shape index (κ1) is 17.7. The van der Waals surface area contributed by atoms with Crippen LogP contribution in [-0.4, -0.2) is 42.5 Å². The van der Waals surface area contributed by atoms with Gasteiger partial charge in [-0.05, 0) is 57.4 Å². The summed E-state index contributed by atoms with van der Waals surface area (Å²) in [5, 5.41) is 3.20. The predicted octanol–water partition coefficient (Wildman–Crippen LogP) is 1.77. The van der Waals surface area contributed by atoms with Gasteiger partial charge in [-0.25, -0.2) is 0 Å². The van der Waals surface area contributed by atoms with E-state index in [-0.39, 0.29) is 24.4 Å². The second-order valence-corrected chi connectivity index (χ2v) is 6.67. The number of nitrogens with two attached hydrogens (primary N) is 1. The summed E-state index contributed by atoms with van der Waals surface area (Å²) in [5.74, 6) is 1.59. The third-order valence-corrected chi connectivity index (χ3v) is 4.80. The maximum absolute atomic E-state index is 12.0. The van der Waals surface area contributed by atoms with Crippen LogP contribution in [0.5, 0.6) is 0 Å². The minimum absolute atomic E-state index is 0. The SMILES string of the molecule is CC1CCC(NC(=O)CN2CCC(C(C)N)C2)CC1.Cl. The van der Waals surface area contributed by atoms with Crippen LogP contribution < -0.4 is 11.1 Å². The van der Waals surface area contributed by atoms with Gasteiger partial charge in [0.2, 0.25) is 5.91 Å². The minimum Gasteiger partial charge on any atom is -0.352 e. The zero-order chi connectivity index (χ0) is 13.8. The van der Waals surface area contributed by atoms with Crippen molar-refractivity contribution < 1.29 is 4.79 Å². The van der Waals surface area contributed by atoms with E-state index in [4.69, 9.17) is 5.73 Å². The first-order chi connectivity index (χ1) is 9.04. The van der Waals surface area contributed by atoms with Gasteiger partial charge in [0.1, 0.15) is 0 Å². The van der Waals surface area contributed by atoms with Crippen molar-refractivity contribution in [3.8, 4) is 0 Å². The number of carbonyl (C=O) groups is 1. The summed E-state index contributed by atoms with van der Waals surface area (Å²) in [6, 6.07) is 0.656. The summed E-state index contributed by atoms with van der Waals surface area (Å²) in [6.07, 6.45) is 5.93. The molecule has 2 unspecified atom stereocenters. The van der Waals surface area contributed by atoms with Crippen LogP contribution in [0.1, 0.15) is 46.0 Å². The molecule has 0 radical (unpaired) electrons. The molecule has 0 aromatic rings. The molecule has 3 N–H and O–H groups in total. The van der Waals surface area contributed by atoms with Crippen LogP contribution in [0.4, 0.5) is 0 Å². The molecular formula is C15H30ClN3O. The highest BCUT2D eigenvalue weighted by Gasteiger charge is 2.27. The third kappa shape index (κ3) is 5.23. The van der Waals surface area contributed by atoms with Crippen molar-refractivity contribution in [2.75, 3.05) is 19.6 Å². The standard InChI is InChI=1S/C15H29N3O.ClH/c1-11-3-5-14(6-4-11)17-15(19)10-18-8-7-13(9-18)12(2)16;/h11-14H,3-10,16H2,1-2H3,(H,17,19);1H. The molecule has 20 heavy (non-hydrogen) atoms. The molecule has 1 aliphatic heterocycles. The Balaban J connectivity index is 0.00000200. The number of carbonyl (C=O) groups excluding carboxylic acids is 1. The molecule has 2 rings (SSSR count). The molecule has 4 nitrogen and oxygen atoms in total. The lowest BCUT2D eigenvalue weighted by atomic mass is 9.87. The zero-order valence-corrected chi connectivity index (χ0v) is 13.6. The molecule has 1 amide bonds. The summed E-state index contributed by atoms with van der Waals surface area (Å²) >= 11 is 0. The maximum atomic E-state index is 12.0. The number of hydrogen-bond donors (Lipinski definition) is 2. The van der Waals surface area contributed by atoms with Crippen LogP contribution in [-0.2, 0) is 4.79 Å². The molecule has 0 spiro atoms. The first-order valence-electron chi connectivity index (χ1n) is 7.82. The van der Waals surface area contributed by atoms with E-state index < -0.39 is 0 Å². The second kappa shape index (κ2) is 8.20. The molecule has 2 atom stereocenters. The van der Waals surface area contributed by atoms with Crippen molar-refractivity contribution in [3.63, 3.8) is 0 Å². The minimum atomic E-state index is 0. The van der Waals surface area contributed by atoms with E-state index in [1.54, 1.807) is 0 Å². The lowest BCUT2D eigenvalue weighted by molar-refractivity contribution is -0.123. The van der Waals surface area contributed by atoms with Crippen LogP contribution in [0.2, 0.25) is 0 Å². The Morgan fingerprint density at radius 1 is 1.30 bits per heavy atom. The third-order valence-electron chi connectivity index (χ3n) is 4.80. The molecule has 2 fully saturated rings. The summed E-state index contributed by atoms with van der Waals surface area (Å²) in [7, 11) is 0. The van der Waals surface area contributed by atoms with Gasteiger partial charge in [0.25, 0.3) is 0 Å². The van der Waals surface area contributed by atoms with E-state index in [0.717, 1.165) is 38.3 Å². The quantitative estimate of drug-likeness (QED) is 0.832. The van der Waals surface area contributed by atoms with Gasteiger partial charge in [0.15, 0.2) is 0 Å². The van der Waals surface area contributed by atoms with Crippen molar-refractivity contribution in [2.24, 2.45) is 17.6 Å². The van der Waals surface area contributed by atoms with Crippen molar-refractivity contribution in [1.82, 2.24) is 10.2 Å².